The molecule has 5 nitrogen and oxygen atoms in total. The van der Waals surface area contributed by atoms with Gasteiger partial charge in [0.25, 0.3) is 0 Å². The molecule has 144 valence electrons. The molecule has 0 spiro atoms. The summed E-state index contributed by atoms with van der Waals surface area (Å²) in [5.74, 6) is 0.570. The van der Waals surface area contributed by atoms with E-state index in [1.54, 1.807) is 25.2 Å². The zero-order chi connectivity index (χ0) is 20.3. The van der Waals surface area contributed by atoms with Gasteiger partial charge in [-0.15, -0.1) is 17.9 Å². The molecule has 0 aliphatic rings. The van der Waals surface area contributed by atoms with Crippen LogP contribution in [0.25, 0.3) is 10.7 Å². The van der Waals surface area contributed by atoms with E-state index < -0.39 is 11.4 Å². The molecule has 0 bridgehead atoms. The van der Waals surface area contributed by atoms with E-state index in [2.05, 4.69) is 16.9 Å². The number of carboxylic acid groups (broad SMARTS) is 1. The summed E-state index contributed by atoms with van der Waals surface area (Å²) in [7, 11) is 0. The van der Waals surface area contributed by atoms with Crippen LogP contribution in [-0.4, -0.2) is 21.0 Å². The van der Waals surface area contributed by atoms with Crippen LogP contribution in [0.15, 0.2) is 54.4 Å². The van der Waals surface area contributed by atoms with Crippen molar-refractivity contribution in [1.29, 1.82) is 0 Å². The number of benzene rings is 1. The SMILES string of the molecule is C=CCc1c(C)nc(-c2cccs2)nc1Nc1ccc(C(C)(C)C(=O)O)cc1. The number of thiophene rings is 1. The number of hydrogen-bond donors (Lipinski definition) is 2. The van der Waals surface area contributed by atoms with E-state index in [-0.39, 0.29) is 0 Å². The number of aryl methyl sites for hydroxylation is 1. The van der Waals surface area contributed by atoms with Crippen LogP contribution in [-0.2, 0) is 16.6 Å². The van der Waals surface area contributed by atoms with Crippen LogP contribution >= 0.6 is 11.3 Å². The highest BCUT2D eigenvalue weighted by atomic mass is 32.1. The minimum Gasteiger partial charge on any atom is -0.481 e. The maximum Gasteiger partial charge on any atom is 0.313 e. The number of allylic oxidation sites excluding steroid dienone is 1. The van der Waals surface area contributed by atoms with Gasteiger partial charge in [0.1, 0.15) is 5.82 Å². The fourth-order valence-corrected chi connectivity index (χ4v) is 3.49. The fourth-order valence-electron chi connectivity index (χ4n) is 2.83. The average Bonchev–Trinajstić information content (AvgIpc) is 3.19. The standard InChI is InChI=1S/C22H23N3O2S/c1-5-7-17-14(2)23-20(18-8-6-13-28-18)25-19(17)24-16-11-9-15(10-12-16)22(3,4)21(26)27/h5-6,8-13H,1,7H2,2-4H3,(H,26,27)(H,23,24,25). The van der Waals surface area contributed by atoms with Crippen LogP contribution in [0.4, 0.5) is 11.5 Å². The third kappa shape index (κ3) is 3.97. The van der Waals surface area contributed by atoms with Crippen molar-refractivity contribution >= 4 is 28.8 Å². The number of hydrogen-bond acceptors (Lipinski definition) is 5. The van der Waals surface area contributed by atoms with Gasteiger partial charge in [-0.05, 0) is 56.3 Å². The number of carboxylic acids is 1. The van der Waals surface area contributed by atoms with Crippen LogP contribution in [0.2, 0.25) is 0 Å². The van der Waals surface area contributed by atoms with E-state index in [0.717, 1.165) is 33.2 Å². The van der Waals surface area contributed by atoms with E-state index >= 15 is 0 Å². The lowest BCUT2D eigenvalue weighted by atomic mass is 9.85. The summed E-state index contributed by atoms with van der Waals surface area (Å²) >= 11 is 1.60. The second-order valence-electron chi connectivity index (χ2n) is 7.06. The molecule has 3 aromatic rings. The highest BCUT2D eigenvalue weighted by Gasteiger charge is 2.29. The zero-order valence-corrected chi connectivity index (χ0v) is 17.0. The van der Waals surface area contributed by atoms with Gasteiger partial charge in [0.05, 0.1) is 10.3 Å². The molecule has 2 N–H and O–H groups in total. The normalized spacial score (nSPS) is 11.2. The Hall–Kier alpha value is -2.99. The number of anilines is 2. The van der Waals surface area contributed by atoms with E-state index in [1.165, 1.54) is 0 Å². The molecule has 2 aromatic heterocycles. The first-order valence-electron chi connectivity index (χ1n) is 8.96. The summed E-state index contributed by atoms with van der Waals surface area (Å²) in [6, 6.07) is 11.4. The number of aromatic nitrogens is 2. The number of nitrogens with zero attached hydrogens (tertiary/aromatic N) is 2. The lowest BCUT2D eigenvalue weighted by molar-refractivity contribution is -0.142. The largest absolute Gasteiger partial charge is 0.481 e. The predicted octanol–water partition coefficient (Wildman–Crippen LogP) is 5.35. The van der Waals surface area contributed by atoms with Gasteiger partial charge in [-0.25, -0.2) is 9.97 Å². The molecule has 6 heteroatoms. The Labute approximate surface area is 168 Å². The van der Waals surface area contributed by atoms with Crippen molar-refractivity contribution in [2.75, 3.05) is 5.32 Å². The summed E-state index contributed by atoms with van der Waals surface area (Å²) < 4.78 is 0. The maximum atomic E-state index is 11.5. The Bertz CT molecular complexity index is 993. The van der Waals surface area contributed by atoms with E-state index in [4.69, 9.17) is 4.98 Å². The van der Waals surface area contributed by atoms with Crippen LogP contribution < -0.4 is 5.32 Å². The Morgan fingerprint density at radius 1 is 1.25 bits per heavy atom. The molecule has 0 fully saturated rings. The van der Waals surface area contributed by atoms with Crippen molar-refractivity contribution in [2.45, 2.75) is 32.6 Å². The van der Waals surface area contributed by atoms with Gasteiger partial charge >= 0.3 is 5.97 Å². The van der Waals surface area contributed by atoms with Crippen molar-refractivity contribution in [3.63, 3.8) is 0 Å². The molecule has 0 radical (unpaired) electrons. The Balaban J connectivity index is 1.96. The lowest BCUT2D eigenvalue weighted by Gasteiger charge is -2.20. The van der Waals surface area contributed by atoms with Crippen molar-refractivity contribution in [3.8, 4) is 10.7 Å². The van der Waals surface area contributed by atoms with Crippen LogP contribution in [0.1, 0.15) is 30.7 Å². The first-order valence-corrected chi connectivity index (χ1v) is 9.84. The highest BCUT2D eigenvalue weighted by molar-refractivity contribution is 7.13. The molecule has 0 aliphatic heterocycles. The number of nitrogens with one attached hydrogen (secondary N) is 1. The first kappa shape index (κ1) is 19.8. The second-order valence-corrected chi connectivity index (χ2v) is 8.01. The van der Waals surface area contributed by atoms with Crippen molar-refractivity contribution in [1.82, 2.24) is 9.97 Å². The quantitative estimate of drug-likeness (QED) is 0.529. The molecule has 2 heterocycles. The molecule has 0 saturated carbocycles. The zero-order valence-electron chi connectivity index (χ0n) is 16.2. The van der Waals surface area contributed by atoms with Gasteiger partial charge in [-0.2, -0.15) is 0 Å². The predicted molar refractivity (Wildman–Crippen MR) is 114 cm³/mol. The molecule has 1 aromatic carbocycles. The molecule has 3 rings (SSSR count). The fraction of sp³-hybridized carbons (Fsp3) is 0.227. The van der Waals surface area contributed by atoms with Gasteiger partial charge < -0.3 is 10.4 Å². The minimum absolute atomic E-state index is 0.656. The molecular formula is C22H23N3O2S. The molecule has 0 saturated heterocycles. The molecule has 0 amide bonds. The van der Waals surface area contributed by atoms with Gasteiger partial charge in [0.15, 0.2) is 5.82 Å². The molecule has 28 heavy (non-hydrogen) atoms. The molecule has 0 aliphatic carbocycles. The van der Waals surface area contributed by atoms with Crippen LogP contribution in [0.5, 0.6) is 0 Å². The van der Waals surface area contributed by atoms with Gasteiger partial charge in [-0.3, -0.25) is 4.79 Å². The minimum atomic E-state index is -0.940. The van der Waals surface area contributed by atoms with Gasteiger partial charge in [-0.1, -0.05) is 24.3 Å². The van der Waals surface area contributed by atoms with Crippen molar-refractivity contribution in [2.24, 2.45) is 0 Å². The maximum absolute atomic E-state index is 11.5. The summed E-state index contributed by atoms with van der Waals surface area (Å²) in [5.41, 5.74) is 2.54. The monoisotopic (exact) mass is 393 g/mol. The van der Waals surface area contributed by atoms with Gasteiger partial charge in [0, 0.05) is 16.9 Å². The van der Waals surface area contributed by atoms with Crippen molar-refractivity contribution < 1.29 is 9.90 Å². The average molecular weight is 394 g/mol. The van der Waals surface area contributed by atoms with E-state index in [0.29, 0.717) is 12.2 Å². The number of aliphatic carboxylic acids is 1. The number of carbonyl (C=O) groups is 1. The second kappa shape index (κ2) is 7.94. The highest BCUT2D eigenvalue weighted by Crippen LogP contribution is 2.29. The lowest BCUT2D eigenvalue weighted by Crippen LogP contribution is -2.28. The molecule has 0 unspecified atom stereocenters. The third-order valence-corrected chi connectivity index (χ3v) is 5.57. The van der Waals surface area contributed by atoms with Crippen molar-refractivity contribution in [3.05, 3.63) is 71.3 Å². The Morgan fingerprint density at radius 2 is 1.96 bits per heavy atom. The van der Waals surface area contributed by atoms with Crippen LogP contribution in [0, 0.1) is 6.92 Å². The summed E-state index contributed by atoms with van der Waals surface area (Å²) in [4.78, 5) is 21.9. The Kier molecular flexibility index (Phi) is 5.61. The third-order valence-electron chi connectivity index (χ3n) is 4.71. The number of rotatable bonds is 7. The molecular weight excluding hydrogens is 370 g/mol. The smallest absolute Gasteiger partial charge is 0.313 e. The summed E-state index contributed by atoms with van der Waals surface area (Å²) in [6.45, 7) is 9.20. The summed E-state index contributed by atoms with van der Waals surface area (Å²) in [5, 5.41) is 14.8. The summed E-state index contributed by atoms with van der Waals surface area (Å²) in [6.07, 6.45) is 2.49. The van der Waals surface area contributed by atoms with Crippen LogP contribution in [0.3, 0.4) is 0 Å². The van der Waals surface area contributed by atoms with E-state index in [9.17, 15) is 9.90 Å². The topological polar surface area (TPSA) is 75.1 Å². The first-order chi connectivity index (χ1) is 13.3. The molecule has 0 atom stereocenters. The van der Waals surface area contributed by atoms with Gasteiger partial charge in [0.2, 0.25) is 0 Å². The van der Waals surface area contributed by atoms with E-state index in [1.807, 2.05) is 54.8 Å². The Morgan fingerprint density at radius 3 is 2.54 bits per heavy atom.